The first kappa shape index (κ1) is 13.3. The predicted octanol–water partition coefficient (Wildman–Crippen LogP) is 3.79. The summed E-state index contributed by atoms with van der Waals surface area (Å²) in [6.45, 7) is 4.40. The lowest BCUT2D eigenvalue weighted by Crippen LogP contribution is -2.33. The molecule has 98 valence electrons. The highest BCUT2D eigenvalue weighted by Gasteiger charge is 2.31. The number of carbonyl (C=O) groups is 1. The first-order chi connectivity index (χ1) is 8.37. The SMILES string of the molecule is CC1(C)CCC(NC(=O)c2ccc(F)c(Cl)c2)C1. The van der Waals surface area contributed by atoms with Crippen LogP contribution < -0.4 is 5.32 Å². The van der Waals surface area contributed by atoms with Crippen LogP contribution in [0.4, 0.5) is 4.39 Å². The fourth-order valence-corrected chi connectivity index (χ4v) is 2.65. The van der Waals surface area contributed by atoms with Crippen molar-refractivity contribution in [3.05, 3.63) is 34.6 Å². The molecule has 1 aliphatic rings. The minimum absolute atomic E-state index is 0.0191. The Hall–Kier alpha value is -1.09. The molecule has 2 rings (SSSR count). The van der Waals surface area contributed by atoms with Gasteiger partial charge in [-0.15, -0.1) is 0 Å². The van der Waals surface area contributed by atoms with Crippen LogP contribution in [0.15, 0.2) is 18.2 Å². The van der Waals surface area contributed by atoms with Gasteiger partial charge in [0.1, 0.15) is 5.82 Å². The molecule has 0 aromatic heterocycles. The van der Waals surface area contributed by atoms with Crippen molar-refractivity contribution in [3.63, 3.8) is 0 Å². The van der Waals surface area contributed by atoms with Crippen molar-refractivity contribution in [2.24, 2.45) is 5.41 Å². The number of benzene rings is 1. The Bertz CT molecular complexity index is 473. The molecule has 0 aliphatic heterocycles. The molecule has 18 heavy (non-hydrogen) atoms. The van der Waals surface area contributed by atoms with Crippen LogP contribution in [0.3, 0.4) is 0 Å². The fourth-order valence-electron chi connectivity index (χ4n) is 2.47. The van der Waals surface area contributed by atoms with Crippen molar-refractivity contribution in [1.82, 2.24) is 5.32 Å². The van der Waals surface area contributed by atoms with Crippen LogP contribution in [0.5, 0.6) is 0 Å². The summed E-state index contributed by atoms with van der Waals surface area (Å²) in [5, 5.41) is 2.96. The molecule has 1 unspecified atom stereocenters. The molecule has 4 heteroatoms. The molecule has 0 saturated heterocycles. The molecule has 0 heterocycles. The van der Waals surface area contributed by atoms with E-state index in [2.05, 4.69) is 19.2 Å². The molecule has 1 saturated carbocycles. The van der Waals surface area contributed by atoms with Crippen molar-refractivity contribution >= 4 is 17.5 Å². The molecule has 1 amide bonds. The third-order valence-corrected chi connectivity index (χ3v) is 3.78. The lowest BCUT2D eigenvalue weighted by atomic mass is 9.92. The van der Waals surface area contributed by atoms with Crippen LogP contribution in [0.25, 0.3) is 0 Å². The van der Waals surface area contributed by atoms with Gasteiger partial charge in [-0.05, 0) is 42.9 Å². The summed E-state index contributed by atoms with van der Waals surface area (Å²) in [6, 6.07) is 4.25. The van der Waals surface area contributed by atoms with E-state index in [9.17, 15) is 9.18 Å². The van der Waals surface area contributed by atoms with Crippen molar-refractivity contribution < 1.29 is 9.18 Å². The molecule has 0 spiro atoms. The Kier molecular flexibility index (Phi) is 3.62. The molecule has 1 fully saturated rings. The van der Waals surface area contributed by atoms with Gasteiger partial charge in [0, 0.05) is 11.6 Å². The van der Waals surface area contributed by atoms with Crippen LogP contribution in [0.2, 0.25) is 5.02 Å². The summed E-state index contributed by atoms with van der Waals surface area (Å²) < 4.78 is 13.0. The van der Waals surface area contributed by atoms with Crippen molar-refractivity contribution in [1.29, 1.82) is 0 Å². The number of hydrogen-bond donors (Lipinski definition) is 1. The number of nitrogens with one attached hydrogen (secondary N) is 1. The zero-order valence-corrected chi connectivity index (χ0v) is 11.4. The highest BCUT2D eigenvalue weighted by atomic mass is 35.5. The second-order valence-corrected chi connectivity index (χ2v) is 6.11. The summed E-state index contributed by atoms with van der Waals surface area (Å²) in [7, 11) is 0. The highest BCUT2D eigenvalue weighted by molar-refractivity contribution is 6.31. The monoisotopic (exact) mass is 269 g/mol. The number of halogens is 2. The van der Waals surface area contributed by atoms with E-state index < -0.39 is 5.82 Å². The average Bonchev–Trinajstić information content (AvgIpc) is 2.62. The largest absolute Gasteiger partial charge is 0.349 e. The van der Waals surface area contributed by atoms with Gasteiger partial charge in [0.05, 0.1) is 5.02 Å². The lowest BCUT2D eigenvalue weighted by molar-refractivity contribution is 0.0936. The minimum atomic E-state index is -0.504. The molecule has 1 aromatic carbocycles. The fraction of sp³-hybridized carbons (Fsp3) is 0.500. The highest BCUT2D eigenvalue weighted by Crippen LogP contribution is 2.37. The third kappa shape index (κ3) is 3.02. The quantitative estimate of drug-likeness (QED) is 0.870. The van der Waals surface area contributed by atoms with Crippen LogP contribution in [-0.4, -0.2) is 11.9 Å². The maximum Gasteiger partial charge on any atom is 0.251 e. The molecule has 1 aliphatic carbocycles. The van der Waals surface area contributed by atoms with Crippen LogP contribution in [-0.2, 0) is 0 Å². The molecular weight excluding hydrogens is 253 g/mol. The second-order valence-electron chi connectivity index (χ2n) is 5.71. The molecule has 2 nitrogen and oxygen atoms in total. The second kappa shape index (κ2) is 4.88. The van der Waals surface area contributed by atoms with Crippen molar-refractivity contribution in [3.8, 4) is 0 Å². The summed E-state index contributed by atoms with van der Waals surface area (Å²) in [5.41, 5.74) is 0.698. The van der Waals surface area contributed by atoms with Gasteiger partial charge in [-0.25, -0.2) is 4.39 Å². The van der Waals surface area contributed by atoms with Gasteiger partial charge in [-0.2, -0.15) is 0 Å². The van der Waals surface area contributed by atoms with E-state index in [1.807, 2.05) is 0 Å². The minimum Gasteiger partial charge on any atom is -0.349 e. The first-order valence-electron chi connectivity index (χ1n) is 6.13. The normalized spacial score (nSPS) is 21.9. The van der Waals surface area contributed by atoms with Gasteiger partial charge in [0.25, 0.3) is 5.91 Å². The molecule has 0 bridgehead atoms. The molecule has 1 atom stereocenters. The van der Waals surface area contributed by atoms with Gasteiger partial charge < -0.3 is 5.32 Å². The Morgan fingerprint density at radius 1 is 1.50 bits per heavy atom. The molecule has 1 aromatic rings. The van der Waals surface area contributed by atoms with E-state index in [-0.39, 0.29) is 17.0 Å². The standard InChI is InChI=1S/C14H17ClFNO/c1-14(2)6-5-10(8-14)17-13(18)9-3-4-12(16)11(15)7-9/h3-4,7,10H,5-6,8H2,1-2H3,(H,17,18). The summed E-state index contributed by atoms with van der Waals surface area (Å²) in [5.74, 6) is -0.685. The van der Waals surface area contributed by atoms with Gasteiger partial charge in [0.2, 0.25) is 0 Å². The molecule has 1 N–H and O–H groups in total. The maximum absolute atomic E-state index is 13.0. The number of hydrogen-bond acceptors (Lipinski definition) is 1. The Morgan fingerprint density at radius 3 is 2.78 bits per heavy atom. The number of rotatable bonds is 2. The van der Waals surface area contributed by atoms with E-state index in [1.165, 1.54) is 18.2 Å². The van der Waals surface area contributed by atoms with E-state index in [0.29, 0.717) is 11.0 Å². The summed E-state index contributed by atoms with van der Waals surface area (Å²) >= 11 is 5.66. The Balaban J connectivity index is 2.02. The first-order valence-corrected chi connectivity index (χ1v) is 6.51. The number of carbonyl (C=O) groups excluding carboxylic acids is 1. The van der Waals surface area contributed by atoms with Gasteiger partial charge >= 0.3 is 0 Å². The van der Waals surface area contributed by atoms with E-state index in [0.717, 1.165) is 19.3 Å². The molecular formula is C14H17ClFNO. The maximum atomic E-state index is 13.0. The Labute approximate surface area is 112 Å². The topological polar surface area (TPSA) is 29.1 Å². The van der Waals surface area contributed by atoms with Crippen LogP contribution in [0, 0.1) is 11.2 Å². The van der Waals surface area contributed by atoms with E-state index in [1.54, 1.807) is 0 Å². The van der Waals surface area contributed by atoms with Gasteiger partial charge in [-0.1, -0.05) is 25.4 Å². The van der Waals surface area contributed by atoms with E-state index in [4.69, 9.17) is 11.6 Å². The molecule has 0 radical (unpaired) electrons. The summed E-state index contributed by atoms with van der Waals surface area (Å²) in [4.78, 5) is 12.0. The third-order valence-electron chi connectivity index (χ3n) is 3.49. The van der Waals surface area contributed by atoms with Crippen molar-refractivity contribution in [2.75, 3.05) is 0 Å². The number of amides is 1. The predicted molar refractivity (Wildman–Crippen MR) is 70.3 cm³/mol. The zero-order chi connectivity index (χ0) is 13.3. The zero-order valence-electron chi connectivity index (χ0n) is 10.6. The Morgan fingerprint density at radius 2 is 2.22 bits per heavy atom. The summed E-state index contributed by atoms with van der Waals surface area (Å²) in [6.07, 6.45) is 3.09. The van der Waals surface area contributed by atoms with Gasteiger partial charge in [-0.3, -0.25) is 4.79 Å². The average molecular weight is 270 g/mol. The van der Waals surface area contributed by atoms with E-state index >= 15 is 0 Å². The van der Waals surface area contributed by atoms with Crippen molar-refractivity contribution in [2.45, 2.75) is 39.2 Å². The van der Waals surface area contributed by atoms with Gasteiger partial charge in [0.15, 0.2) is 0 Å². The smallest absolute Gasteiger partial charge is 0.251 e. The van der Waals surface area contributed by atoms with Crippen LogP contribution in [0.1, 0.15) is 43.5 Å². The van der Waals surface area contributed by atoms with Crippen LogP contribution >= 0.6 is 11.6 Å². The lowest BCUT2D eigenvalue weighted by Gasteiger charge is -2.17.